The van der Waals surface area contributed by atoms with Crippen LogP contribution in [0.4, 0.5) is 0 Å². The molecule has 0 amide bonds. The van der Waals surface area contributed by atoms with Crippen LogP contribution < -0.4 is 0 Å². The summed E-state index contributed by atoms with van der Waals surface area (Å²) >= 11 is 0. The van der Waals surface area contributed by atoms with E-state index in [0.29, 0.717) is 0 Å². The second-order valence-electron chi connectivity index (χ2n) is 10.1. The van der Waals surface area contributed by atoms with Crippen molar-refractivity contribution in [1.29, 1.82) is 0 Å². The van der Waals surface area contributed by atoms with E-state index in [4.69, 9.17) is 17.7 Å². The average Bonchev–Trinajstić information content (AvgIpc) is 1.99. The summed E-state index contributed by atoms with van der Waals surface area (Å²) in [4.78, 5) is 0. The van der Waals surface area contributed by atoms with Crippen molar-refractivity contribution in [2.75, 3.05) is 0 Å². The summed E-state index contributed by atoms with van der Waals surface area (Å²) in [5.74, 6) is 0. The first kappa shape index (κ1) is 23.0. The van der Waals surface area contributed by atoms with Gasteiger partial charge >= 0.3 is 13.7 Å². The van der Waals surface area contributed by atoms with Gasteiger partial charge in [0, 0.05) is 0 Å². The molecule has 1 heterocycles. The van der Waals surface area contributed by atoms with Crippen LogP contribution in [0.15, 0.2) is 0 Å². The van der Waals surface area contributed by atoms with Crippen LogP contribution in [-0.4, -0.2) is 36.1 Å². The fraction of sp³-hybridized carbons (Fsp3) is 1.00. The molecule has 0 aromatic heterocycles. The molecule has 24 heavy (non-hydrogen) atoms. The molecular formula is C16H36O4S2Si2. The molecule has 0 aliphatic carbocycles. The highest BCUT2D eigenvalue weighted by molar-refractivity contribution is 8.95. The molecule has 144 valence electrons. The summed E-state index contributed by atoms with van der Waals surface area (Å²) in [6, 6.07) is 0. The molecule has 0 spiro atoms. The minimum atomic E-state index is -2.50. The van der Waals surface area contributed by atoms with E-state index in [-0.39, 0.29) is 22.4 Å². The molecule has 0 saturated carbocycles. The van der Waals surface area contributed by atoms with Crippen LogP contribution >= 0.6 is 21.3 Å². The van der Waals surface area contributed by atoms with Gasteiger partial charge in [-0.05, 0) is 83.1 Å². The molecule has 1 aliphatic rings. The molecule has 1 fully saturated rings. The summed E-state index contributed by atoms with van der Waals surface area (Å²) < 4.78 is 25.8. The lowest BCUT2D eigenvalue weighted by Crippen LogP contribution is -2.66. The Morgan fingerprint density at radius 3 is 0.708 bits per heavy atom. The second kappa shape index (κ2) is 6.85. The van der Waals surface area contributed by atoms with Crippen molar-refractivity contribution in [3.05, 3.63) is 0 Å². The summed E-state index contributed by atoms with van der Waals surface area (Å²) in [6.45, 7) is 19.9. The first-order chi connectivity index (χ1) is 10.2. The molecule has 1 aliphatic heterocycles. The van der Waals surface area contributed by atoms with Gasteiger partial charge in [0.25, 0.3) is 0 Å². The molecule has 0 atom stereocenters. The van der Waals surface area contributed by atoms with E-state index in [1.165, 1.54) is 0 Å². The predicted octanol–water partition coefficient (Wildman–Crippen LogP) is 5.60. The van der Waals surface area contributed by atoms with Crippen LogP contribution in [0.1, 0.15) is 83.1 Å². The molecule has 0 bridgehead atoms. The Labute approximate surface area is 158 Å². The fourth-order valence-corrected chi connectivity index (χ4v) is 33.2. The molecule has 1 saturated heterocycles. The van der Waals surface area contributed by atoms with E-state index in [1.54, 1.807) is 21.3 Å². The molecule has 0 aromatic rings. The number of hydrogen-bond acceptors (Lipinski definition) is 6. The van der Waals surface area contributed by atoms with Gasteiger partial charge in [0.1, 0.15) is 0 Å². The highest BCUT2D eigenvalue weighted by Gasteiger charge is 2.73. The first-order valence-corrected chi connectivity index (χ1v) is 16.6. The molecule has 0 unspecified atom stereocenters. The highest BCUT2D eigenvalue weighted by Crippen LogP contribution is 2.63. The monoisotopic (exact) mass is 412 g/mol. The van der Waals surface area contributed by atoms with Crippen LogP contribution in [0.5, 0.6) is 0 Å². The van der Waals surface area contributed by atoms with Crippen molar-refractivity contribution in [2.24, 2.45) is 0 Å². The lowest BCUT2D eigenvalue weighted by molar-refractivity contribution is 0.0320. The van der Waals surface area contributed by atoms with Gasteiger partial charge in [0.2, 0.25) is 0 Å². The van der Waals surface area contributed by atoms with Crippen molar-refractivity contribution in [1.82, 2.24) is 0 Å². The topological polar surface area (TPSA) is 36.9 Å². The SMILES string of the molecule is CC(C)(C)O[Si]1(OC(C)(C)C)S[Si](OC(C)(C)C)(OC(C)(C)C)S1. The minimum absolute atomic E-state index is 0.262. The average molecular weight is 413 g/mol. The Bertz CT molecular complexity index is 363. The van der Waals surface area contributed by atoms with E-state index < -0.39 is 13.7 Å². The maximum atomic E-state index is 6.44. The normalized spacial score (nSPS) is 21.5. The Balaban J connectivity index is 3.07. The van der Waals surface area contributed by atoms with Gasteiger partial charge < -0.3 is 17.7 Å². The third-order valence-corrected chi connectivity index (χ3v) is 29.7. The van der Waals surface area contributed by atoms with E-state index in [2.05, 4.69) is 83.1 Å². The van der Waals surface area contributed by atoms with E-state index >= 15 is 0 Å². The van der Waals surface area contributed by atoms with E-state index in [1.807, 2.05) is 0 Å². The Kier molecular flexibility index (Phi) is 6.57. The lowest BCUT2D eigenvalue weighted by atomic mass is 10.2. The molecular weight excluding hydrogens is 376 g/mol. The van der Waals surface area contributed by atoms with Crippen molar-refractivity contribution < 1.29 is 17.7 Å². The molecule has 4 nitrogen and oxygen atoms in total. The molecule has 0 N–H and O–H groups in total. The quantitative estimate of drug-likeness (QED) is 0.560. The smallest absolute Gasteiger partial charge is 0.374 e. The predicted molar refractivity (Wildman–Crippen MR) is 110 cm³/mol. The number of rotatable bonds is 4. The Hall–Kier alpha value is 0.974. The zero-order valence-corrected chi connectivity index (χ0v) is 21.1. The Morgan fingerprint density at radius 2 is 0.583 bits per heavy atom. The van der Waals surface area contributed by atoms with Crippen molar-refractivity contribution in [2.45, 2.75) is 105 Å². The third-order valence-electron chi connectivity index (χ3n) is 2.22. The lowest BCUT2D eigenvalue weighted by Gasteiger charge is -2.53. The summed E-state index contributed by atoms with van der Waals surface area (Å²) in [5, 5.41) is 0. The largest absolute Gasteiger partial charge is 0.474 e. The first-order valence-electron chi connectivity index (χ1n) is 8.45. The second-order valence-corrected chi connectivity index (χ2v) is 26.2. The van der Waals surface area contributed by atoms with Crippen molar-refractivity contribution >= 4 is 35.0 Å². The van der Waals surface area contributed by atoms with E-state index in [9.17, 15) is 0 Å². The maximum absolute atomic E-state index is 6.44. The van der Waals surface area contributed by atoms with Crippen molar-refractivity contribution in [3.63, 3.8) is 0 Å². The zero-order valence-electron chi connectivity index (χ0n) is 17.4. The van der Waals surface area contributed by atoms with Gasteiger partial charge in [-0.1, -0.05) is 21.3 Å². The van der Waals surface area contributed by atoms with Gasteiger partial charge in [-0.25, -0.2) is 0 Å². The summed E-state index contributed by atoms with van der Waals surface area (Å²) in [5.41, 5.74) is -1.05. The summed E-state index contributed by atoms with van der Waals surface area (Å²) in [7, 11) is 3.46. The van der Waals surface area contributed by atoms with Gasteiger partial charge in [-0.3, -0.25) is 0 Å². The van der Waals surface area contributed by atoms with E-state index in [0.717, 1.165) is 0 Å². The van der Waals surface area contributed by atoms with Crippen molar-refractivity contribution in [3.8, 4) is 0 Å². The minimum Gasteiger partial charge on any atom is -0.374 e. The highest BCUT2D eigenvalue weighted by atomic mass is 32.9. The maximum Gasteiger partial charge on any atom is 0.474 e. The molecule has 0 aromatic carbocycles. The van der Waals surface area contributed by atoms with Gasteiger partial charge in [0.05, 0.1) is 22.4 Å². The number of hydrogen-bond donors (Lipinski definition) is 0. The van der Waals surface area contributed by atoms with Crippen LogP contribution in [-0.2, 0) is 17.7 Å². The van der Waals surface area contributed by atoms with Crippen LogP contribution in [0.2, 0.25) is 0 Å². The standard InChI is InChI=1S/C16H36O4S2Si2/c1-13(2,3)17-23(18-14(4,5)6)21-24(22-23,19-15(7,8)9)20-16(10,11)12/h1-12H3. The van der Waals surface area contributed by atoms with Crippen LogP contribution in [0.25, 0.3) is 0 Å². The summed E-state index contributed by atoms with van der Waals surface area (Å²) in [6.07, 6.45) is 0. The van der Waals surface area contributed by atoms with Gasteiger partial charge in [-0.2, -0.15) is 0 Å². The van der Waals surface area contributed by atoms with Gasteiger partial charge in [-0.15, -0.1) is 0 Å². The zero-order chi connectivity index (χ0) is 19.2. The fourth-order valence-electron chi connectivity index (χ4n) is 2.02. The molecule has 1 rings (SSSR count). The Morgan fingerprint density at radius 1 is 0.417 bits per heavy atom. The third kappa shape index (κ3) is 8.11. The van der Waals surface area contributed by atoms with Crippen LogP contribution in [0, 0.1) is 0 Å². The van der Waals surface area contributed by atoms with Gasteiger partial charge in [0.15, 0.2) is 0 Å². The molecule has 8 heteroatoms. The molecule has 0 radical (unpaired) electrons. The van der Waals surface area contributed by atoms with Crippen LogP contribution in [0.3, 0.4) is 0 Å².